The summed E-state index contributed by atoms with van der Waals surface area (Å²) in [5.74, 6) is -4.78. The largest absolute Gasteiger partial charge is 0.462 e. The number of aliphatic hydroxyl groups is 2. The molecule has 0 amide bonds. The van der Waals surface area contributed by atoms with Gasteiger partial charge in [0.15, 0.2) is 23.2 Å². The van der Waals surface area contributed by atoms with Gasteiger partial charge in [0.1, 0.15) is 31.3 Å². The van der Waals surface area contributed by atoms with Gasteiger partial charge in [0, 0.05) is 30.7 Å². The van der Waals surface area contributed by atoms with Crippen molar-refractivity contribution in [3.63, 3.8) is 0 Å². The summed E-state index contributed by atoms with van der Waals surface area (Å²) in [6.45, 7) is 9.46. The molecule has 280 valence electrons. The van der Waals surface area contributed by atoms with Crippen molar-refractivity contribution in [1.82, 2.24) is 0 Å². The van der Waals surface area contributed by atoms with Crippen LogP contribution in [0.2, 0.25) is 0 Å². The van der Waals surface area contributed by atoms with Crippen LogP contribution in [-0.2, 0) is 42.9 Å². The summed E-state index contributed by atoms with van der Waals surface area (Å²) in [6.07, 6.45) is 5.83. The Bertz CT molecular complexity index is 1700. The molecule has 2 bridgehead atoms. The van der Waals surface area contributed by atoms with E-state index in [4.69, 9.17) is 28.5 Å². The van der Waals surface area contributed by atoms with Crippen molar-refractivity contribution in [3.05, 3.63) is 83.0 Å². The monoisotopic (exact) mass is 719 g/mol. The SMILES string of the molecule is CO/N=C(/C(=O)OC1/C(C)=C/CC2CC(CC3(CC[C@H](C)C(C)O3)O2)OC(=O)C2C=C(C)[C@@H](O)C3OC(=O)/C(=C\C=C\[C@@H]1C)[C@@]23O)c1ccccc1. The highest BCUT2D eigenvalue weighted by atomic mass is 16.7. The zero-order valence-corrected chi connectivity index (χ0v) is 30.5. The third-order valence-electron chi connectivity index (χ3n) is 11.1. The van der Waals surface area contributed by atoms with Crippen LogP contribution in [0.25, 0.3) is 0 Å². The van der Waals surface area contributed by atoms with Gasteiger partial charge in [-0.1, -0.05) is 73.6 Å². The van der Waals surface area contributed by atoms with E-state index in [1.54, 1.807) is 43.3 Å². The zero-order chi connectivity index (χ0) is 37.4. The quantitative estimate of drug-likeness (QED) is 0.147. The van der Waals surface area contributed by atoms with Crippen molar-refractivity contribution in [2.75, 3.05) is 7.11 Å². The van der Waals surface area contributed by atoms with Crippen LogP contribution in [0, 0.1) is 17.8 Å². The van der Waals surface area contributed by atoms with E-state index in [2.05, 4.69) is 12.1 Å². The normalized spacial score (nSPS) is 40.9. The van der Waals surface area contributed by atoms with Crippen molar-refractivity contribution >= 4 is 23.6 Å². The van der Waals surface area contributed by atoms with Crippen molar-refractivity contribution in [2.45, 2.75) is 115 Å². The molecule has 52 heavy (non-hydrogen) atoms. The minimum atomic E-state index is -2.21. The molecule has 1 aliphatic carbocycles. The maximum atomic E-state index is 14.1. The molecule has 12 heteroatoms. The van der Waals surface area contributed by atoms with Gasteiger partial charge in [0.05, 0.1) is 17.8 Å². The fraction of sp³-hybridized carbons (Fsp3) is 0.550. The van der Waals surface area contributed by atoms with Gasteiger partial charge in [-0.05, 0) is 56.8 Å². The van der Waals surface area contributed by atoms with Gasteiger partial charge < -0.3 is 38.7 Å². The highest BCUT2D eigenvalue weighted by molar-refractivity contribution is 6.43. The standard InChI is InChI=1S/C40H49NO11/c1-22-17-18-39(51-26(22)5)21-29-20-28(52-39)16-15-24(3)34(49-38(45)32(41-47-6)27-12-8-7-9-13-27)23(2)11-10-14-30-36(43)50-35-33(42)25(4)19-31(37(44)48-29)40(30,35)46/h7-15,19,22-23,26,28-29,31,33-35,42,46H,16-18,20-21H2,1-6H3/b11-10+,24-15+,30-14+,41-32+/t22-,23-,26?,28?,29?,31?,33+,34?,35?,39?,40+/m0/s1. The van der Waals surface area contributed by atoms with Crippen LogP contribution in [0.15, 0.2) is 82.6 Å². The number of hydrogen-bond acceptors (Lipinski definition) is 12. The molecule has 2 N–H and O–H groups in total. The Morgan fingerprint density at radius 1 is 1.02 bits per heavy atom. The molecule has 0 aromatic heterocycles. The average molecular weight is 720 g/mol. The second kappa shape index (κ2) is 15.1. The average Bonchev–Trinajstić information content (AvgIpc) is 3.37. The van der Waals surface area contributed by atoms with Gasteiger partial charge in [-0.2, -0.15) is 0 Å². The summed E-state index contributed by atoms with van der Waals surface area (Å²) in [5.41, 5.74) is -0.792. The van der Waals surface area contributed by atoms with E-state index in [0.29, 0.717) is 36.3 Å². The second-order valence-electron chi connectivity index (χ2n) is 14.8. The molecule has 4 heterocycles. The van der Waals surface area contributed by atoms with Gasteiger partial charge in [-0.25, -0.2) is 9.59 Å². The van der Waals surface area contributed by atoms with E-state index < -0.39 is 71.7 Å². The Balaban J connectivity index is 1.41. The maximum absolute atomic E-state index is 14.1. The van der Waals surface area contributed by atoms with E-state index in [-0.39, 0.29) is 23.8 Å². The summed E-state index contributed by atoms with van der Waals surface area (Å²) in [6, 6.07) is 8.85. The van der Waals surface area contributed by atoms with Crippen LogP contribution in [0.5, 0.6) is 0 Å². The lowest BCUT2D eigenvalue weighted by molar-refractivity contribution is -0.332. The molecule has 0 radical (unpaired) electrons. The first-order valence-electron chi connectivity index (χ1n) is 18.0. The van der Waals surface area contributed by atoms with E-state index in [0.717, 1.165) is 12.0 Å². The Kier molecular flexibility index (Phi) is 10.9. The maximum Gasteiger partial charge on any atom is 0.361 e. The van der Waals surface area contributed by atoms with Crippen LogP contribution in [-0.4, -0.2) is 89.0 Å². The molecule has 5 aliphatic rings. The lowest BCUT2D eigenvalue weighted by Gasteiger charge is -2.49. The molecule has 1 aromatic carbocycles. The summed E-state index contributed by atoms with van der Waals surface area (Å²) >= 11 is 0. The minimum Gasteiger partial charge on any atom is -0.462 e. The fourth-order valence-electron chi connectivity index (χ4n) is 7.98. The Hall–Kier alpha value is -4.10. The summed E-state index contributed by atoms with van der Waals surface area (Å²) in [5, 5.41) is 27.2. The fourth-order valence-corrected chi connectivity index (χ4v) is 7.98. The van der Waals surface area contributed by atoms with Gasteiger partial charge in [0.2, 0.25) is 0 Å². The van der Waals surface area contributed by atoms with Gasteiger partial charge >= 0.3 is 17.9 Å². The number of benzene rings is 1. The molecule has 3 saturated heterocycles. The van der Waals surface area contributed by atoms with Crippen LogP contribution in [0.1, 0.15) is 72.3 Å². The van der Waals surface area contributed by atoms with Crippen molar-refractivity contribution in [2.24, 2.45) is 22.9 Å². The number of rotatable bonds is 4. The predicted molar refractivity (Wildman–Crippen MR) is 188 cm³/mol. The molecule has 1 aromatic rings. The zero-order valence-electron chi connectivity index (χ0n) is 30.5. The first-order chi connectivity index (χ1) is 24.8. The highest BCUT2D eigenvalue weighted by Gasteiger charge is 2.64. The molecule has 12 nitrogen and oxygen atoms in total. The van der Waals surface area contributed by atoms with Crippen LogP contribution < -0.4 is 0 Å². The van der Waals surface area contributed by atoms with E-state index in [1.807, 2.05) is 32.9 Å². The highest BCUT2D eigenvalue weighted by Crippen LogP contribution is 2.47. The lowest BCUT2D eigenvalue weighted by Crippen LogP contribution is -2.58. The topological polar surface area (TPSA) is 159 Å². The number of carbonyl (C=O) groups is 3. The third kappa shape index (κ3) is 7.26. The molecule has 6 rings (SSSR count). The first-order valence-corrected chi connectivity index (χ1v) is 18.0. The number of carbonyl (C=O) groups excluding carboxylic acids is 3. The molecular weight excluding hydrogens is 670 g/mol. The third-order valence-corrected chi connectivity index (χ3v) is 11.1. The molecular formula is C40H49NO11. The molecule has 4 aliphatic heterocycles. The van der Waals surface area contributed by atoms with Crippen LogP contribution in [0.3, 0.4) is 0 Å². The van der Waals surface area contributed by atoms with Gasteiger partial charge in [0.25, 0.3) is 0 Å². The molecule has 0 saturated carbocycles. The van der Waals surface area contributed by atoms with Crippen LogP contribution in [0.4, 0.5) is 0 Å². The molecule has 11 atom stereocenters. The van der Waals surface area contributed by atoms with E-state index in [9.17, 15) is 24.6 Å². The number of hydrogen-bond donors (Lipinski definition) is 2. The molecule has 3 fully saturated rings. The van der Waals surface area contributed by atoms with Crippen molar-refractivity contribution in [1.29, 1.82) is 0 Å². The van der Waals surface area contributed by atoms with Gasteiger partial charge in [-0.15, -0.1) is 0 Å². The summed E-state index contributed by atoms with van der Waals surface area (Å²) in [7, 11) is 1.35. The van der Waals surface area contributed by atoms with E-state index >= 15 is 0 Å². The number of oxime groups is 1. The molecule has 1 spiro atoms. The van der Waals surface area contributed by atoms with Crippen molar-refractivity contribution < 1.29 is 53.1 Å². The number of allylic oxidation sites excluding steroid dienone is 2. The number of aliphatic hydroxyl groups excluding tert-OH is 1. The second-order valence-corrected chi connectivity index (χ2v) is 14.8. The molecule has 7 unspecified atom stereocenters. The number of ether oxygens (including phenoxy) is 5. The Morgan fingerprint density at radius 3 is 2.48 bits per heavy atom. The first kappa shape index (κ1) is 37.7. The summed E-state index contributed by atoms with van der Waals surface area (Å²) < 4.78 is 31.1. The minimum absolute atomic E-state index is 0.00596. The summed E-state index contributed by atoms with van der Waals surface area (Å²) in [4.78, 5) is 46.1. The van der Waals surface area contributed by atoms with Crippen molar-refractivity contribution in [3.8, 4) is 0 Å². The smallest absolute Gasteiger partial charge is 0.361 e. The number of fused-ring (bicyclic) bond motifs is 2. The van der Waals surface area contributed by atoms with Crippen LogP contribution >= 0.6 is 0 Å². The van der Waals surface area contributed by atoms with E-state index in [1.165, 1.54) is 19.3 Å². The van der Waals surface area contributed by atoms with Gasteiger partial charge in [-0.3, -0.25) is 4.79 Å². The predicted octanol–water partition coefficient (Wildman–Crippen LogP) is 4.63. The number of nitrogens with zero attached hydrogens (tertiary/aromatic N) is 1. The Labute approximate surface area is 304 Å². The number of esters is 3. The Morgan fingerprint density at radius 2 is 1.77 bits per heavy atom. The lowest BCUT2D eigenvalue weighted by atomic mass is 9.70.